The minimum Gasteiger partial charge on any atom is -0.392 e. The normalized spacial score (nSPS) is 14.3. The van der Waals surface area contributed by atoms with Crippen molar-refractivity contribution in [3.63, 3.8) is 0 Å². The molecular weight excluding hydrogens is 254 g/mol. The Balaban J connectivity index is 2.61. The molecule has 0 aliphatic carbocycles. The fraction of sp³-hybridized carbons (Fsp3) is 0.417. The van der Waals surface area contributed by atoms with E-state index in [0.29, 0.717) is 12.0 Å². The molecule has 0 amide bonds. The van der Waals surface area contributed by atoms with Crippen molar-refractivity contribution in [2.45, 2.75) is 19.4 Å². The van der Waals surface area contributed by atoms with Gasteiger partial charge >= 0.3 is 0 Å². The van der Waals surface area contributed by atoms with E-state index in [1.54, 1.807) is 12.1 Å². The summed E-state index contributed by atoms with van der Waals surface area (Å²) in [5, 5.41) is 19.2. The molecule has 1 rings (SSSR count). The molecule has 0 saturated carbocycles. The van der Waals surface area contributed by atoms with Crippen molar-refractivity contribution < 1.29 is 5.11 Å². The second-order valence-electron chi connectivity index (χ2n) is 3.71. The van der Waals surface area contributed by atoms with Crippen LogP contribution >= 0.6 is 15.9 Å². The van der Waals surface area contributed by atoms with E-state index in [9.17, 15) is 5.11 Å². The molecule has 1 aromatic rings. The predicted octanol–water partition coefficient (Wildman–Crippen LogP) is 2.49. The Morgan fingerprint density at radius 2 is 2.00 bits per heavy atom. The van der Waals surface area contributed by atoms with Crippen LogP contribution in [0.3, 0.4) is 0 Å². The number of alkyl halides is 1. The standard InChI is InChI=1S/C12H14BrNO/c1-9(7-13)12(15)6-10-2-4-11(8-14)5-3-10/h2-5,9,12,15H,6-7H2,1H3. The summed E-state index contributed by atoms with van der Waals surface area (Å²) in [6, 6.07) is 9.41. The smallest absolute Gasteiger partial charge is 0.0991 e. The van der Waals surface area contributed by atoms with Crippen molar-refractivity contribution >= 4 is 15.9 Å². The van der Waals surface area contributed by atoms with Crippen LogP contribution in [0.2, 0.25) is 0 Å². The van der Waals surface area contributed by atoms with Crippen LogP contribution in [0.4, 0.5) is 0 Å². The van der Waals surface area contributed by atoms with Gasteiger partial charge in [0.25, 0.3) is 0 Å². The molecule has 3 heteroatoms. The third kappa shape index (κ3) is 3.65. The third-order valence-corrected chi connectivity index (χ3v) is 3.45. The summed E-state index contributed by atoms with van der Waals surface area (Å²) in [6.45, 7) is 2.00. The van der Waals surface area contributed by atoms with Crippen LogP contribution in [-0.4, -0.2) is 16.5 Å². The van der Waals surface area contributed by atoms with Crippen molar-refractivity contribution in [1.82, 2.24) is 0 Å². The first-order valence-electron chi connectivity index (χ1n) is 4.90. The lowest BCUT2D eigenvalue weighted by Crippen LogP contribution is -2.21. The fourth-order valence-electron chi connectivity index (χ4n) is 1.26. The summed E-state index contributed by atoms with van der Waals surface area (Å²) in [6.07, 6.45) is 0.302. The summed E-state index contributed by atoms with van der Waals surface area (Å²) in [4.78, 5) is 0. The Bertz CT molecular complexity index is 342. The van der Waals surface area contributed by atoms with E-state index in [1.807, 2.05) is 19.1 Å². The second kappa shape index (κ2) is 5.89. The molecule has 80 valence electrons. The lowest BCUT2D eigenvalue weighted by atomic mass is 9.99. The first kappa shape index (κ1) is 12.2. The molecule has 0 aliphatic heterocycles. The average molecular weight is 268 g/mol. The first-order chi connectivity index (χ1) is 7.17. The van der Waals surface area contributed by atoms with Crippen LogP contribution in [0.25, 0.3) is 0 Å². The largest absolute Gasteiger partial charge is 0.392 e. The second-order valence-corrected chi connectivity index (χ2v) is 4.36. The van der Waals surface area contributed by atoms with Gasteiger partial charge in [-0.25, -0.2) is 0 Å². The third-order valence-electron chi connectivity index (χ3n) is 2.43. The fourth-order valence-corrected chi connectivity index (χ4v) is 1.69. The van der Waals surface area contributed by atoms with Crippen LogP contribution in [-0.2, 0) is 6.42 Å². The number of aliphatic hydroxyl groups is 1. The van der Waals surface area contributed by atoms with Crippen molar-refractivity contribution in [2.75, 3.05) is 5.33 Å². The minimum absolute atomic E-state index is 0.237. The van der Waals surface area contributed by atoms with Gasteiger partial charge in [0.1, 0.15) is 0 Å². The highest BCUT2D eigenvalue weighted by molar-refractivity contribution is 9.09. The van der Waals surface area contributed by atoms with E-state index in [4.69, 9.17) is 5.26 Å². The molecule has 0 aromatic heterocycles. The van der Waals surface area contributed by atoms with Gasteiger partial charge in [-0.15, -0.1) is 0 Å². The highest BCUT2D eigenvalue weighted by atomic mass is 79.9. The van der Waals surface area contributed by atoms with Gasteiger partial charge in [-0.2, -0.15) is 5.26 Å². The zero-order valence-corrected chi connectivity index (χ0v) is 10.2. The van der Waals surface area contributed by atoms with Gasteiger partial charge in [-0.3, -0.25) is 0 Å². The molecule has 2 nitrogen and oxygen atoms in total. The summed E-state index contributed by atoms with van der Waals surface area (Å²) in [5.74, 6) is 0.237. The van der Waals surface area contributed by atoms with Gasteiger partial charge in [-0.1, -0.05) is 35.0 Å². The number of hydrogen-bond acceptors (Lipinski definition) is 2. The molecular formula is C12H14BrNO. The van der Waals surface area contributed by atoms with E-state index in [0.717, 1.165) is 10.9 Å². The average Bonchev–Trinajstić information content (AvgIpc) is 2.29. The lowest BCUT2D eigenvalue weighted by Gasteiger charge is -2.16. The maximum Gasteiger partial charge on any atom is 0.0991 e. The van der Waals surface area contributed by atoms with E-state index in [1.165, 1.54) is 0 Å². The van der Waals surface area contributed by atoms with Crippen LogP contribution in [0.15, 0.2) is 24.3 Å². The quantitative estimate of drug-likeness (QED) is 0.852. The van der Waals surface area contributed by atoms with Gasteiger partial charge in [0.05, 0.1) is 17.7 Å². The SMILES string of the molecule is CC(CBr)C(O)Cc1ccc(C#N)cc1. The number of rotatable bonds is 4. The van der Waals surface area contributed by atoms with Crippen molar-refractivity contribution in [2.24, 2.45) is 5.92 Å². The van der Waals surface area contributed by atoms with Crippen LogP contribution in [0.1, 0.15) is 18.1 Å². The Morgan fingerprint density at radius 1 is 1.40 bits per heavy atom. The molecule has 0 heterocycles. The predicted molar refractivity (Wildman–Crippen MR) is 63.8 cm³/mol. The van der Waals surface area contributed by atoms with E-state index < -0.39 is 0 Å². The summed E-state index contributed by atoms with van der Waals surface area (Å²) in [5.41, 5.74) is 1.72. The Kier molecular flexibility index (Phi) is 4.80. The van der Waals surface area contributed by atoms with Gasteiger partial charge in [0, 0.05) is 5.33 Å². The van der Waals surface area contributed by atoms with Gasteiger partial charge in [0.2, 0.25) is 0 Å². The maximum absolute atomic E-state index is 9.80. The molecule has 1 aromatic carbocycles. The first-order valence-corrected chi connectivity index (χ1v) is 6.02. The van der Waals surface area contributed by atoms with E-state index in [-0.39, 0.29) is 12.0 Å². The monoisotopic (exact) mass is 267 g/mol. The topological polar surface area (TPSA) is 44.0 Å². The Hall–Kier alpha value is -0.850. The number of aliphatic hydroxyl groups excluding tert-OH is 1. The van der Waals surface area contributed by atoms with Gasteiger partial charge in [-0.05, 0) is 30.0 Å². The summed E-state index contributed by atoms with van der Waals surface area (Å²) < 4.78 is 0. The van der Waals surface area contributed by atoms with Crippen molar-refractivity contribution in [1.29, 1.82) is 5.26 Å². The molecule has 1 N–H and O–H groups in total. The zero-order valence-electron chi connectivity index (χ0n) is 8.65. The van der Waals surface area contributed by atoms with Crippen LogP contribution < -0.4 is 0 Å². The molecule has 15 heavy (non-hydrogen) atoms. The van der Waals surface area contributed by atoms with Gasteiger partial charge < -0.3 is 5.11 Å². The number of halogens is 1. The summed E-state index contributed by atoms with van der Waals surface area (Å²) >= 11 is 3.35. The minimum atomic E-state index is -0.336. The molecule has 0 radical (unpaired) electrons. The summed E-state index contributed by atoms with van der Waals surface area (Å²) in [7, 11) is 0. The van der Waals surface area contributed by atoms with Crippen molar-refractivity contribution in [3.8, 4) is 6.07 Å². The maximum atomic E-state index is 9.80. The zero-order chi connectivity index (χ0) is 11.3. The van der Waals surface area contributed by atoms with E-state index >= 15 is 0 Å². The van der Waals surface area contributed by atoms with Gasteiger partial charge in [0.15, 0.2) is 0 Å². The molecule has 0 bridgehead atoms. The molecule has 0 aliphatic rings. The number of benzene rings is 1. The molecule has 2 unspecified atom stereocenters. The molecule has 0 fully saturated rings. The highest BCUT2D eigenvalue weighted by Gasteiger charge is 2.13. The van der Waals surface area contributed by atoms with Crippen LogP contribution in [0.5, 0.6) is 0 Å². The van der Waals surface area contributed by atoms with Crippen LogP contribution in [0, 0.1) is 17.2 Å². The number of nitrogens with zero attached hydrogens (tertiary/aromatic N) is 1. The highest BCUT2D eigenvalue weighted by Crippen LogP contribution is 2.13. The van der Waals surface area contributed by atoms with E-state index in [2.05, 4.69) is 22.0 Å². The molecule has 2 atom stereocenters. The number of nitriles is 1. The van der Waals surface area contributed by atoms with Crippen molar-refractivity contribution in [3.05, 3.63) is 35.4 Å². The Labute approximate surface area is 98.7 Å². The number of hydrogen-bond donors (Lipinski definition) is 1. The molecule has 0 spiro atoms. The molecule has 0 saturated heterocycles. The Morgan fingerprint density at radius 3 is 2.47 bits per heavy atom. The lowest BCUT2D eigenvalue weighted by molar-refractivity contribution is 0.128.